The van der Waals surface area contributed by atoms with E-state index in [1.54, 1.807) is 18.2 Å². The predicted octanol–water partition coefficient (Wildman–Crippen LogP) is 0.389. The van der Waals surface area contributed by atoms with Crippen LogP contribution in [0.4, 0.5) is 0 Å². The van der Waals surface area contributed by atoms with Crippen LogP contribution in [0.25, 0.3) is 0 Å². The lowest BCUT2D eigenvalue weighted by atomic mass is 10.1. The lowest BCUT2D eigenvalue weighted by molar-refractivity contribution is 0.1000. The molecule has 0 atom stereocenters. The van der Waals surface area contributed by atoms with Gasteiger partial charge in [0, 0.05) is 5.56 Å². The van der Waals surface area contributed by atoms with Gasteiger partial charge < -0.3 is 10.5 Å². The molecule has 0 heterocycles. The number of primary amides is 1. The Bertz CT molecular complexity index is 323. The molecule has 0 bridgehead atoms. The summed E-state index contributed by atoms with van der Waals surface area (Å²) in [6, 6.07) is 5.01. The molecule has 0 aromatic heterocycles. The fourth-order valence-corrected chi connectivity index (χ4v) is 0.999. The number of aryl methyl sites for hydroxylation is 1. The molecule has 0 aliphatic heterocycles. The van der Waals surface area contributed by atoms with Gasteiger partial charge in [-0.1, -0.05) is 6.07 Å². The fraction of sp³-hybridized carbons (Fsp3) is 0.222. The lowest BCUT2D eigenvalue weighted by Crippen LogP contribution is -2.12. The van der Waals surface area contributed by atoms with Crippen LogP contribution in [0.2, 0.25) is 0 Å². The Labute approximate surface area is 76.5 Å². The van der Waals surface area contributed by atoms with Crippen molar-refractivity contribution in [3.8, 4) is 5.75 Å². The van der Waals surface area contributed by atoms with Gasteiger partial charge in [0.1, 0.15) is 12.5 Å². The Kier molecular flexibility index (Phi) is 2.87. The number of rotatable bonds is 3. The van der Waals surface area contributed by atoms with Crippen molar-refractivity contribution in [2.75, 3.05) is 6.73 Å². The zero-order chi connectivity index (χ0) is 9.84. The minimum atomic E-state index is -0.470. The largest absolute Gasteiger partial charge is 0.478 e. The quantitative estimate of drug-likeness (QED) is 0.660. The van der Waals surface area contributed by atoms with Crippen molar-refractivity contribution >= 4 is 5.91 Å². The summed E-state index contributed by atoms with van der Waals surface area (Å²) in [5, 5.41) is 0. The van der Waals surface area contributed by atoms with E-state index >= 15 is 0 Å². The van der Waals surface area contributed by atoms with E-state index in [-0.39, 0.29) is 6.73 Å². The highest BCUT2D eigenvalue weighted by Crippen LogP contribution is 2.18. The van der Waals surface area contributed by atoms with Gasteiger partial charge in [-0.15, -0.1) is 0 Å². The Morgan fingerprint density at radius 2 is 2.23 bits per heavy atom. The average Bonchev–Trinajstić information content (AvgIpc) is 2.08. The average molecular weight is 180 g/mol. The first kappa shape index (κ1) is 9.54. The van der Waals surface area contributed by atoms with E-state index < -0.39 is 5.91 Å². The third kappa shape index (κ3) is 2.19. The van der Waals surface area contributed by atoms with Gasteiger partial charge in [-0.25, -0.2) is 0 Å². The zero-order valence-corrected chi connectivity index (χ0v) is 7.41. The molecule has 1 aromatic carbocycles. The molecule has 0 saturated heterocycles. The molecule has 0 aliphatic carbocycles. The van der Waals surface area contributed by atoms with E-state index in [9.17, 15) is 4.79 Å². The van der Waals surface area contributed by atoms with Crippen molar-refractivity contribution in [2.24, 2.45) is 11.5 Å². The summed E-state index contributed by atoms with van der Waals surface area (Å²) in [5.41, 5.74) is 11.7. The summed E-state index contributed by atoms with van der Waals surface area (Å²) in [7, 11) is 0. The summed E-state index contributed by atoms with van der Waals surface area (Å²) in [6.45, 7) is 1.96. The lowest BCUT2D eigenvalue weighted by Gasteiger charge is -2.07. The third-order valence-electron chi connectivity index (χ3n) is 1.71. The van der Waals surface area contributed by atoms with Crippen molar-refractivity contribution in [1.29, 1.82) is 0 Å². The minimum Gasteiger partial charge on any atom is -0.478 e. The molecular weight excluding hydrogens is 168 g/mol. The van der Waals surface area contributed by atoms with Crippen LogP contribution in [0.1, 0.15) is 15.9 Å². The number of ether oxygens (including phenoxy) is 1. The number of carbonyl (C=O) groups is 1. The maximum Gasteiger partial charge on any atom is 0.248 e. The Balaban J connectivity index is 3.03. The smallest absolute Gasteiger partial charge is 0.248 e. The molecule has 70 valence electrons. The molecule has 0 fully saturated rings. The maximum atomic E-state index is 10.8. The zero-order valence-electron chi connectivity index (χ0n) is 7.41. The highest BCUT2D eigenvalue weighted by Gasteiger charge is 2.04. The first-order valence-electron chi connectivity index (χ1n) is 3.88. The number of amides is 1. The number of nitrogens with two attached hydrogens (primary N) is 2. The molecule has 0 spiro atoms. The number of benzene rings is 1. The number of carbonyl (C=O) groups excluding carboxylic acids is 1. The van der Waals surface area contributed by atoms with Gasteiger partial charge in [0.05, 0.1) is 0 Å². The second kappa shape index (κ2) is 3.91. The number of hydrogen-bond acceptors (Lipinski definition) is 3. The molecule has 0 saturated carbocycles. The molecule has 0 aliphatic rings. The third-order valence-corrected chi connectivity index (χ3v) is 1.71. The van der Waals surface area contributed by atoms with Crippen LogP contribution in [0.5, 0.6) is 5.75 Å². The summed E-state index contributed by atoms with van der Waals surface area (Å²) >= 11 is 0. The van der Waals surface area contributed by atoms with Gasteiger partial charge >= 0.3 is 0 Å². The molecule has 4 N–H and O–H groups in total. The maximum absolute atomic E-state index is 10.8. The summed E-state index contributed by atoms with van der Waals surface area (Å²) in [6.07, 6.45) is 0. The van der Waals surface area contributed by atoms with Crippen LogP contribution >= 0.6 is 0 Å². The van der Waals surface area contributed by atoms with E-state index in [2.05, 4.69) is 0 Å². The van der Waals surface area contributed by atoms with E-state index in [4.69, 9.17) is 16.2 Å². The van der Waals surface area contributed by atoms with Crippen LogP contribution in [0.15, 0.2) is 18.2 Å². The highest BCUT2D eigenvalue weighted by molar-refractivity contribution is 5.93. The SMILES string of the molecule is Cc1ccc(C(N)=O)cc1OCN. The highest BCUT2D eigenvalue weighted by atomic mass is 16.5. The molecule has 1 amide bonds. The molecule has 4 heteroatoms. The van der Waals surface area contributed by atoms with E-state index in [0.29, 0.717) is 11.3 Å². The Morgan fingerprint density at radius 1 is 1.54 bits per heavy atom. The second-order valence-electron chi connectivity index (χ2n) is 2.66. The normalized spacial score (nSPS) is 9.69. The van der Waals surface area contributed by atoms with Crippen molar-refractivity contribution < 1.29 is 9.53 Å². The predicted molar refractivity (Wildman–Crippen MR) is 49.4 cm³/mol. The van der Waals surface area contributed by atoms with Crippen molar-refractivity contribution in [1.82, 2.24) is 0 Å². The molecule has 0 radical (unpaired) electrons. The van der Waals surface area contributed by atoms with Gasteiger partial charge in [-0.05, 0) is 24.6 Å². The first-order chi connectivity index (χ1) is 6.15. The van der Waals surface area contributed by atoms with Gasteiger partial charge in [-0.2, -0.15) is 0 Å². The Morgan fingerprint density at radius 3 is 2.77 bits per heavy atom. The van der Waals surface area contributed by atoms with Gasteiger partial charge in [0.15, 0.2) is 0 Å². The summed E-state index contributed by atoms with van der Waals surface area (Å²) in [5.74, 6) is 0.126. The minimum absolute atomic E-state index is 0.0864. The van der Waals surface area contributed by atoms with Gasteiger partial charge in [-0.3, -0.25) is 10.5 Å². The summed E-state index contributed by atoms with van der Waals surface area (Å²) in [4.78, 5) is 10.8. The van der Waals surface area contributed by atoms with E-state index in [1.807, 2.05) is 6.92 Å². The van der Waals surface area contributed by atoms with Crippen molar-refractivity contribution in [3.63, 3.8) is 0 Å². The van der Waals surface area contributed by atoms with Gasteiger partial charge in [0.25, 0.3) is 0 Å². The standard InChI is InChI=1S/C9H12N2O2/c1-6-2-3-7(9(11)12)4-8(6)13-5-10/h2-4H,5,10H2,1H3,(H2,11,12). The van der Waals surface area contributed by atoms with Crippen LogP contribution in [-0.4, -0.2) is 12.6 Å². The van der Waals surface area contributed by atoms with Crippen LogP contribution in [-0.2, 0) is 0 Å². The van der Waals surface area contributed by atoms with Crippen molar-refractivity contribution in [2.45, 2.75) is 6.92 Å². The first-order valence-corrected chi connectivity index (χ1v) is 3.88. The van der Waals surface area contributed by atoms with E-state index in [1.165, 1.54) is 0 Å². The monoisotopic (exact) mass is 180 g/mol. The molecule has 1 aromatic rings. The van der Waals surface area contributed by atoms with Gasteiger partial charge in [0.2, 0.25) is 5.91 Å². The van der Waals surface area contributed by atoms with Crippen molar-refractivity contribution in [3.05, 3.63) is 29.3 Å². The second-order valence-corrected chi connectivity index (χ2v) is 2.66. The van der Waals surface area contributed by atoms with Crippen LogP contribution < -0.4 is 16.2 Å². The molecular formula is C9H12N2O2. The summed E-state index contributed by atoms with van der Waals surface area (Å²) < 4.78 is 5.10. The molecule has 4 nitrogen and oxygen atoms in total. The van der Waals surface area contributed by atoms with E-state index in [0.717, 1.165) is 5.56 Å². The molecule has 13 heavy (non-hydrogen) atoms. The molecule has 1 rings (SSSR count). The molecule has 0 unspecified atom stereocenters. The fourth-order valence-electron chi connectivity index (χ4n) is 0.999. The topological polar surface area (TPSA) is 78.3 Å². The number of hydrogen-bond donors (Lipinski definition) is 2. The van der Waals surface area contributed by atoms with Crippen LogP contribution in [0.3, 0.4) is 0 Å². The Hall–Kier alpha value is -1.55. The van der Waals surface area contributed by atoms with Crippen LogP contribution in [0, 0.1) is 6.92 Å².